The maximum Gasteiger partial charge on any atom is 0.551 e. The standard InChI is InChI=1S/C15H22N2O9P2/c1-16(8-6-15(19,27(22)23)28(2,24)25)7-3-9-26-14-10-12(11-18)4-5-13(14)17(20)21/h4-5,10-11,19H,3,6-9H2,1-2H3,(H-,22,23,24,25)/p+1. The summed E-state index contributed by atoms with van der Waals surface area (Å²) >= 11 is 0. The predicted molar refractivity (Wildman–Crippen MR) is 101 cm³/mol. The summed E-state index contributed by atoms with van der Waals surface area (Å²) in [5.41, 5.74) is -0.0273. The van der Waals surface area contributed by atoms with Crippen molar-refractivity contribution < 1.29 is 38.5 Å². The van der Waals surface area contributed by atoms with Crippen molar-refractivity contribution >= 4 is 27.4 Å². The molecule has 0 fully saturated rings. The summed E-state index contributed by atoms with van der Waals surface area (Å²) in [5, 5.41) is 18.5. The largest absolute Gasteiger partial charge is 0.551 e. The number of nitro benzene ring substituents is 1. The molecule has 0 aliphatic carbocycles. The van der Waals surface area contributed by atoms with Gasteiger partial charge in [0.15, 0.2) is 5.75 Å². The van der Waals surface area contributed by atoms with Crippen LogP contribution in [-0.4, -0.2) is 69.5 Å². The first-order valence-corrected chi connectivity index (χ1v) is 11.5. The maximum atomic E-state index is 11.7. The van der Waals surface area contributed by atoms with E-state index in [0.717, 1.165) is 6.66 Å². The Hall–Kier alpha value is -1.74. The van der Waals surface area contributed by atoms with Gasteiger partial charge in [0, 0.05) is 37.8 Å². The number of aldehydes is 1. The number of benzene rings is 1. The number of hydrogen-bond acceptors (Lipinski definition) is 8. The number of aliphatic hydroxyl groups is 1. The Bertz CT molecular complexity index is 783. The molecule has 13 heteroatoms. The molecule has 0 aliphatic heterocycles. The zero-order valence-corrected chi connectivity index (χ0v) is 17.2. The van der Waals surface area contributed by atoms with Crippen LogP contribution in [0.15, 0.2) is 18.2 Å². The van der Waals surface area contributed by atoms with Crippen molar-refractivity contribution in [3.05, 3.63) is 33.9 Å². The van der Waals surface area contributed by atoms with Crippen molar-refractivity contribution in [2.45, 2.75) is 17.9 Å². The topological polar surface area (TPSA) is 168 Å². The van der Waals surface area contributed by atoms with Crippen LogP contribution in [0.4, 0.5) is 5.69 Å². The zero-order chi connectivity index (χ0) is 21.5. The fourth-order valence-electron chi connectivity index (χ4n) is 2.30. The van der Waals surface area contributed by atoms with E-state index in [2.05, 4.69) is 0 Å². The third-order valence-electron chi connectivity index (χ3n) is 4.06. The van der Waals surface area contributed by atoms with Gasteiger partial charge in [-0.3, -0.25) is 19.5 Å². The Morgan fingerprint density at radius 3 is 2.57 bits per heavy atom. The van der Waals surface area contributed by atoms with Gasteiger partial charge in [0.05, 0.1) is 11.5 Å². The summed E-state index contributed by atoms with van der Waals surface area (Å²) in [5.74, 6) is -0.0314. The number of ether oxygens (including phenoxy) is 1. The first-order chi connectivity index (χ1) is 12.9. The molecule has 3 unspecified atom stereocenters. The first kappa shape index (κ1) is 24.3. The second kappa shape index (κ2) is 10.2. The molecule has 1 aromatic carbocycles. The molecule has 0 saturated heterocycles. The Morgan fingerprint density at radius 1 is 1.43 bits per heavy atom. The van der Waals surface area contributed by atoms with E-state index in [0.29, 0.717) is 19.3 Å². The van der Waals surface area contributed by atoms with Gasteiger partial charge >= 0.3 is 18.8 Å². The lowest BCUT2D eigenvalue weighted by Crippen LogP contribution is -2.31. The van der Waals surface area contributed by atoms with E-state index in [-0.39, 0.29) is 36.6 Å². The fourth-order valence-corrected chi connectivity index (χ4v) is 4.38. The van der Waals surface area contributed by atoms with E-state index in [1.165, 1.54) is 18.2 Å². The van der Waals surface area contributed by atoms with E-state index >= 15 is 0 Å². The molecule has 0 spiro atoms. The SMILES string of the molecule is CN(CCCOc1cc(C=O)ccc1[N+](=O)[O-])CCC(O)([P+](=O)O)P(C)(=O)O. The summed E-state index contributed by atoms with van der Waals surface area (Å²) in [6.07, 6.45) is 0.573. The maximum absolute atomic E-state index is 11.7. The monoisotopic (exact) mass is 437 g/mol. The highest BCUT2D eigenvalue weighted by molar-refractivity contribution is 7.70. The Balaban J connectivity index is 2.57. The summed E-state index contributed by atoms with van der Waals surface area (Å²) in [7, 11) is -5.86. The van der Waals surface area contributed by atoms with E-state index in [9.17, 15) is 38.9 Å². The second-order valence-corrected chi connectivity index (χ2v) is 10.4. The van der Waals surface area contributed by atoms with E-state index in [1.54, 1.807) is 11.9 Å². The number of carbonyl (C=O) groups is 1. The van der Waals surface area contributed by atoms with Gasteiger partial charge in [-0.25, -0.2) is 0 Å². The van der Waals surface area contributed by atoms with E-state index in [1.807, 2.05) is 0 Å². The van der Waals surface area contributed by atoms with Gasteiger partial charge in [-0.1, -0.05) is 0 Å². The molecule has 28 heavy (non-hydrogen) atoms. The van der Waals surface area contributed by atoms with Gasteiger partial charge in [-0.05, 0) is 30.2 Å². The average Bonchev–Trinajstić information content (AvgIpc) is 2.61. The molecule has 0 aliphatic rings. The van der Waals surface area contributed by atoms with Crippen molar-refractivity contribution in [3.63, 3.8) is 0 Å². The number of nitro groups is 1. The number of nitrogens with zero attached hydrogens (tertiary/aromatic N) is 2. The molecule has 0 bridgehead atoms. The van der Waals surface area contributed by atoms with Gasteiger partial charge in [0.2, 0.25) is 0 Å². The zero-order valence-electron chi connectivity index (χ0n) is 15.4. The molecule has 156 valence electrons. The Kier molecular flexibility index (Phi) is 8.81. The van der Waals surface area contributed by atoms with Crippen molar-refractivity contribution in [3.8, 4) is 5.75 Å². The van der Waals surface area contributed by atoms with Crippen molar-refractivity contribution in [1.29, 1.82) is 0 Å². The van der Waals surface area contributed by atoms with Gasteiger partial charge in [0.1, 0.15) is 6.29 Å². The highest BCUT2D eigenvalue weighted by Gasteiger charge is 2.59. The van der Waals surface area contributed by atoms with Crippen LogP contribution < -0.4 is 4.74 Å². The van der Waals surface area contributed by atoms with Crippen LogP contribution in [0.25, 0.3) is 0 Å². The van der Waals surface area contributed by atoms with Crippen LogP contribution in [-0.2, 0) is 9.13 Å². The van der Waals surface area contributed by atoms with E-state index < -0.39 is 25.4 Å². The third-order valence-corrected chi connectivity index (χ3v) is 8.07. The molecule has 0 heterocycles. The second-order valence-electron chi connectivity index (χ2n) is 6.28. The smallest absolute Gasteiger partial charge is 0.487 e. The van der Waals surface area contributed by atoms with Crippen molar-refractivity contribution in [2.75, 3.05) is 33.4 Å². The Morgan fingerprint density at radius 2 is 2.07 bits per heavy atom. The summed E-state index contributed by atoms with van der Waals surface area (Å²) < 4.78 is 28.4. The van der Waals surface area contributed by atoms with Crippen LogP contribution >= 0.6 is 15.4 Å². The molecule has 1 rings (SSSR count). The summed E-state index contributed by atoms with van der Waals surface area (Å²) in [4.78, 5) is 41.5. The van der Waals surface area contributed by atoms with Crippen molar-refractivity contribution in [2.24, 2.45) is 0 Å². The molecule has 11 nitrogen and oxygen atoms in total. The first-order valence-electron chi connectivity index (χ1n) is 8.16. The fraction of sp³-hybridized carbons (Fsp3) is 0.533. The minimum atomic E-state index is -4.22. The molecule has 0 radical (unpaired) electrons. The van der Waals surface area contributed by atoms with Gasteiger partial charge in [0.25, 0.3) is 7.37 Å². The number of rotatable bonds is 12. The van der Waals surface area contributed by atoms with Crippen LogP contribution in [0, 0.1) is 10.1 Å². The molecule has 0 saturated carbocycles. The van der Waals surface area contributed by atoms with Crippen LogP contribution in [0.5, 0.6) is 5.75 Å². The molecule has 0 aromatic heterocycles. The predicted octanol–water partition coefficient (Wildman–Crippen LogP) is 1.78. The lowest BCUT2D eigenvalue weighted by Gasteiger charge is -2.22. The minimum absolute atomic E-state index is 0.0314. The third kappa shape index (κ3) is 6.41. The number of carbonyl (C=O) groups excluding carboxylic acids is 1. The highest BCUT2D eigenvalue weighted by Crippen LogP contribution is 2.61. The summed E-state index contributed by atoms with van der Waals surface area (Å²) in [6, 6.07) is 3.76. The molecule has 3 atom stereocenters. The number of hydrogen-bond donors (Lipinski definition) is 3. The van der Waals surface area contributed by atoms with Crippen LogP contribution in [0.1, 0.15) is 23.2 Å². The molecule has 3 N–H and O–H groups in total. The highest BCUT2D eigenvalue weighted by atomic mass is 31.2. The lowest BCUT2D eigenvalue weighted by molar-refractivity contribution is -0.385. The minimum Gasteiger partial charge on any atom is -0.487 e. The normalized spacial score (nSPS) is 16.1. The lowest BCUT2D eigenvalue weighted by atomic mass is 10.2. The molecular weight excluding hydrogens is 414 g/mol. The average molecular weight is 437 g/mol. The quantitative estimate of drug-likeness (QED) is 0.144. The van der Waals surface area contributed by atoms with Crippen molar-refractivity contribution in [1.82, 2.24) is 4.90 Å². The van der Waals surface area contributed by atoms with Crippen LogP contribution in [0.3, 0.4) is 0 Å². The molecule has 0 amide bonds. The molecular formula is C15H23N2O9P2+. The summed E-state index contributed by atoms with van der Waals surface area (Å²) in [6.45, 7) is 1.37. The molecule has 1 aromatic rings. The van der Waals surface area contributed by atoms with Gasteiger partial charge in [-0.2, -0.15) is 4.89 Å². The van der Waals surface area contributed by atoms with Crippen LogP contribution in [0.2, 0.25) is 0 Å². The Labute approximate surface area is 162 Å². The van der Waals surface area contributed by atoms with E-state index in [4.69, 9.17) is 4.74 Å². The van der Waals surface area contributed by atoms with Gasteiger partial charge < -0.3 is 19.6 Å². The van der Waals surface area contributed by atoms with Gasteiger partial charge in [-0.15, -0.1) is 0 Å².